The molecule has 5 unspecified atom stereocenters. The van der Waals surface area contributed by atoms with E-state index in [0.29, 0.717) is 12.3 Å². The van der Waals surface area contributed by atoms with Crippen LogP contribution in [0.15, 0.2) is 0 Å². The SMILES string of the molecule is COC1C(=O)CCC2(CO2)C1C1(C)OC1CCC(C)C. The highest BCUT2D eigenvalue weighted by molar-refractivity contribution is 5.85. The van der Waals surface area contributed by atoms with Crippen LogP contribution < -0.4 is 0 Å². The van der Waals surface area contributed by atoms with Gasteiger partial charge in [-0.2, -0.15) is 0 Å². The Morgan fingerprint density at radius 3 is 2.70 bits per heavy atom. The van der Waals surface area contributed by atoms with Gasteiger partial charge in [0.1, 0.15) is 17.3 Å². The normalized spacial score (nSPS) is 47.0. The molecule has 3 aliphatic rings. The van der Waals surface area contributed by atoms with Crippen molar-refractivity contribution in [3.05, 3.63) is 0 Å². The first-order valence-corrected chi connectivity index (χ1v) is 7.80. The van der Waals surface area contributed by atoms with Crippen LogP contribution in [-0.2, 0) is 19.0 Å². The van der Waals surface area contributed by atoms with Gasteiger partial charge < -0.3 is 14.2 Å². The predicted molar refractivity (Wildman–Crippen MR) is 74.6 cm³/mol. The molecule has 0 radical (unpaired) electrons. The van der Waals surface area contributed by atoms with Crippen LogP contribution in [0.1, 0.15) is 46.5 Å². The van der Waals surface area contributed by atoms with Gasteiger partial charge in [0.05, 0.1) is 18.6 Å². The summed E-state index contributed by atoms with van der Waals surface area (Å²) in [5.74, 6) is 0.942. The van der Waals surface area contributed by atoms with Crippen molar-refractivity contribution in [1.82, 2.24) is 0 Å². The van der Waals surface area contributed by atoms with Crippen LogP contribution in [0.25, 0.3) is 0 Å². The number of ether oxygens (including phenoxy) is 3. The van der Waals surface area contributed by atoms with E-state index >= 15 is 0 Å². The van der Waals surface area contributed by atoms with Crippen LogP contribution in [0.2, 0.25) is 0 Å². The smallest absolute Gasteiger partial charge is 0.162 e. The summed E-state index contributed by atoms with van der Waals surface area (Å²) in [6.45, 7) is 7.35. The van der Waals surface area contributed by atoms with Crippen LogP contribution in [0.4, 0.5) is 0 Å². The quantitative estimate of drug-likeness (QED) is 0.726. The van der Waals surface area contributed by atoms with Crippen LogP contribution in [0.5, 0.6) is 0 Å². The minimum absolute atomic E-state index is 0.0541. The number of carbonyl (C=O) groups excluding carboxylic acids is 1. The number of ketones is 1. The molecule has 4 heteroatoms. The van der Waals surface area contributed by atoms with Gasteiger partial charge in [-0.3, -0.25) is 4.79 Å². The van der Waals surface area contributed by atoms with Crippen molar-refractivity contribution < 1.29 is 19.0 Å². The molecular formula is C16H26O4. The summed E-state index contributed by atoms with van der Waals surface area (Å²) in [4.78, 5) is 12.2. The zero-order chi connectivity index (χ0) is 14.5. The molecule has 3 rings (SSSR count). The molecule has 0 amide bonds. The molecule has 0 bridgehead atoms. The first kappa shape index (κ1) is 14.5. The van der Waals surface area contributed by atoms with Crippen LogP contribution >= 0.6 is 0 Å². The Bertz CT molecular complexity index is 401. The van der Waals surface area contributed by atoms with Gasteiger partial charge in [-0.25, -0.2) is 0 Å². The Morgan fingerprint density at radius 1 is 1.45 bits per heavy atom. The summed E-state index contributed by atoms with van der Waals surface area (Å²) >= 11 is 0. The molecule has 0 aromatic heterocycles. The predicted octanol–water partition coefficient (Wildman–Crippen LogP) is 2.34. The van der Waals surface area contributed by atoms with E-state index in [4.69, 9.17) is 14.2 Å². The lowest BCUT2D eigenvalue weighted by Gasteiger charge is -2.37. The summed E-state index contributed by atoms with van der Waals surface area (Å²) in [6.07, 6.45) is 3.51. The van der Waals surface area contributed by atoms with Gasteiger partial charge >= 0.3 is 0 Å². The van der Waals surface area contributed by atoms with Crippen molar-refractivity contribution in [3.63, 3.8) is 0 Å². The third-order valence-corrected chi connectivity index (χ3v) is 5.35. The molecule has 5 atom stereocenters. The van der Waals surface area contributed by atoms with E-state index in [2.05, 4.69) is 20.8 Å². The maximum Gasteiger partial charge on any atom is 0.162 e. The molecular weight excluding hydrogens is 256 g/mol. The van der Waals surface area contributed by atoms with Crippen molar-refractivity contribution in [2.45, 2.75) is 69.9 Å². The van der Waals surface area contributed by atoms with Crippen LogP contribution in [0, 0.1) is 11.8 Å². The van der Waals surface area contributed by atoms with Crippen molar-refractivity contribution >= 4 is 5.78 Å². The van der Waals surface area contributed by atoms with Gasteiger partial charge in [0.25, 0.3) is 0 Å². The molecule has 0 N–H and O–H groups in total. The van der Waals surface area contributed by atoms with E-state index in [1.807, 2.05) is 0 Å². The molecule has 1 aliphatic carbocycles. The van der Waals surface area contributed by atoms with Gasteiger partial charge in [-0.15, -0.1) is 0 Å². The minimum atomic E-state index is -0.361. The minimum Gasteiger partial charge on any atom is -0.373 e. The average Bonchev–Trinajstić information content (AvgIpc) is 3.29. The van der Waals surface area contributed by atoms with E-state index in [0.717, 1.165) is 25.9 Å². The number of hydrogen-bond donors (Lipinski definition) is 0. The van der Waals surface area contributed by atoms with Crippen molar-refractivity contribution in [1.29, 1.82) is 0 Å². The molecule has 4 nitrogen and oxygen atoms in total. The van der Waals surface area contributed by atoms with Gasteiger partial charge in [-0.1, -0.05) is 13.8 Å². The third kappa shape index (κ3) is 2.22. The van der Waals surface area contributed by atoms with E-state index in [-0.39, 0.29) is 35.1 Å². The van der Waals surface area contributed by atoms with E-state index in [1.165, 1.54) is 0 Å². The van der Waals surface area contributed by atoms with E-state index in [9.17, 15) is 4.79 Å². The highest BCUT2D eigenvalue weighted by Crippen LogP contribution is 2.58. The first-order valence-electron chi connectivity index (χ1n) is 7.80. The first-order chi connectivity index (χ1) is 9.43. The number of hydrogen-bond acceptors (Lipinski definition) is 4. The maximum atomic E-state index is 12.2. The second-order valence-corrected chi connectivity index (χ2v) is 7.22. The van der Waals surface area contributed by atoms with Crippen molar-refractivity contribution in [2.75, 3.05) is 13.7 Å². The highest BCUT2D eigenvalue weighted by Gasteiger charge is 2.71. The fraction of sp³-hybridized carbons (Fsp3) is 0.938. The van der Waals surface area contributed by atoms with Gasteiger partial charge in [-0.05, 0) is 32.1 Å². The Morgan fingerprint density at radius 2 is 2.15 bits per heavy atom. The number of rotatable bonds is 5. The summed E-state index contributed by atoms with van der Waals surface area (Å²) in [7, 11) is 1.63. The van der Waals surface area contributed by atoms with E-state index in [1.54, 1.807) is 7.11 Å². The summed E-state index contributed by atoms with van der Waals surface area (Å²) in [5.41, 5.74) is -0.405. The van der Waals surface area contributed by atoms with Gasteiger partial charge in [0.15, 0.2) is 5.78 Å². The number of Topliss-reactive ketones (excluding diaryl/α,β-unsaturated/α-hetero) is 1. The van der Waals surface area contributed by atoms with Crippen molar-refractivity contribution in [2.24, 2.45) is 11.8 Å². The van der Waals surface area contributed by atoms with E-state index < -0.39 is 0 Å². The zero-order valence-electron chi connectivity index (χ0n) is 13.0. The number of carbonyl (C=O) groups is 1. The Labute approximate surface area is 121 Å². The number of methoxy groups -OCH3 is 1. The van der Waals surface area contributed by atoms with Gasteiger partial charge in [0.2, 0.25) is 0 Å². The zero-order valence-corrected chi connectivity index (χ0v) is 13.0. The summed E-state index contributed by atoms with van der Waals surface area (Å²) < 4.78 is 17.3. The number of epoxide rings is 2. The third-order valence-electron chi connectivity index (χ3n) is 5.35. The lowest BCUT2D eigenvalue weighted by molar-refractivity contribution is -0.142. The monoisotopic (exact) mass is 282 g/mol. The largest absolute Gasteiger partial charge is 0.373 e. The molecule has 2 aliphatic heterocycles. The van der Waals surface area contributed by atoms with Gasteiger partial charge in [0, 0.05) is 13.5 Å². The second kappa shape index (κ2) is 4.79. The lowest BCUT2D eigenvalue weighted by Crippen LogP contribution is -2.53. The average molecular weight is 282 g/mol. The highest BCUT2D eigenvalue weighted by atomic mass is 16.6. The van der Waals surface area contributed by atoms with Crippen LogP contribution in [0.3, 0.4) is 0 Å². The topological polar surface area (TPSA) is 51.4 Å². The standard InChI is InChI=1S/C16H26O4/c1-10(2)5-6-12-15(3,20-12)14-13(18-4)11(17)7-8-16(14)9-19-16/h10,12-14H,5-9H2,1-4H3. The Kier molecular flexibility index (Phi) is 3.47. The molecule has 20 heavy (non-hydrogen) atoms. The summed E-state index contributed by atoms with van der Waals surface area (Å²) in [6, 6.07) is 0. The molecule has 1 spiro atoms. The Hall–Kier alpha value is -0.450. The fourth-order valence-electron chi connectivity index (χ4n) is 3.98. The lowest BCUT2D eigenvalue weighted by atomic mass is 9.68. The second-order valence-electron chi connectivity index (χ2n) is 7.22. The Balaban J connectivity index is 1.75. The van der Waals surface area contributed by atoms with Crippen LogP contribution in [-0.4, -0.2) is 42.9 Å². The molecule has 0 aromatic rings. The fourth-order valence-corrected chi connectivity index (χ4v) is 3.98. The molecule has 1 saturated carbocycles. The molecule has 2 saturated heterocycles. The molecule has 0 aromatic carbocycles. The molecule has 3 fully saturated rings. The summed E-state index contributed by atoms with van der Waals surface area (Å²) in [5, 5.41) is 0. The molecule has 114 valence electrons. The maximum absolute atomic E-state index is 12.2. The van der Waals surface area contributed by atoms with Crippen molar-refractivity contribution in [3.8, 4) is 0 Å². The molecule has 2 heterocycles.